The Kier molecular flexibility index (Phi) is 6.51. The third-order valence-electron chi connectivity index (χ3n) is 5.60. The second-order valence-corrected chi connectivity index (χ2v) is 8.56. The molecule has 1 saturated heterocycles. The first-order valence-corrected chi connectivity index (χ1v) is 11.5. The van der Waals surface area contributed by atoms with Gasteiger partial charge in [-0.15, -0.1) is 0 Å². The number of anilines is 3. The lowest BCUT2D eigenvalue weighted by atomic mass is 10.2. The topological polar surface area (TPSA) is 79.4 Å². The van der Waals surface area contributed by atoms with Gasteiger partial charge in [-0.3, -0.25) is 4.98 Å². The van der Waals surface area contributed by atoms with Crippen LogP contribution in [0.5, 0.6) is 11.5 Å². The monoisotopic (exact) mass is 513 g/mol. The number of carbonyl (C=O) groups is 1. The zero-order valence-corrected chi connectivity index (χ0v) is 19.5. The summed E-state index contributed by atoms with van der Waals surface area (Å²) in [5.74, 6) is -4.48. The maximum Gasteiger partial charge on any atom is 0.323 e. The Balaban J connectivity index is 1.36. The second kappa shape index (κ2) is 9.90. The van der Waals surface area contributed by atoms with Crippen LogP contribution in [0.1, 0.15) is 12.8 Å². The lowest BCUT2D eigenvalue weighted by Gasteiger charge is -2.16. The van der Waals surface area contributed by atoms with E-state index in [1.807, 2.05) is 0 Å². The van der Waals surface area contributed by atoms with Gasteiger partial charge in [-0.25, -0.2) is 18.6 Å². The van der Waals surface area contributed by atoms with Gasteiger partial charge in [0.25, 0.3) is 0 Å². The van der Waals surface area contributed by atoms with E-state index in [0.717, 1.165) is 25.9 Å². The molecule has 4 aromatic rings. The highest BCUT2D eigenvalue weighted by Crippen LogP contribution is 2.34. The molecule has 0 spiro atoms. The largest absolute Gasteiger partial charge is 0.451 e. The van der Waals surface area contributed by atoms with Crippen LogP contribution < -0.4 is 20.3 Å². The van der Waals surface area contributed by atoms with Gasteiger partial charge < -0.3 is 20.3 Å². The van der Waals surface area contributed by atoms with E-state index >= 15 is 0 Å². The standard InChI is InChI=1S/C25H19ClF3N5O2/c26-14-4-3-5-15(10-14)31-25(35)33-20-12-17(27)24(23(29)22(20)28)36-16-6-7-18-19(11-16)32-21(13-30-18)34-8-1-2-9-34/h3-7,10-13H,1-2,8-9H2,(H2,31,33,35). The average Bonchev–Trinajstić information content (AvgIpc) is 3.40. The number of hydrogen-bond donors (Lipinski definition) is 2. The van der Waals surface area contributed by atoms with Crippen molar-refractivity contribution in [1.82, 2.24) is 9.97 Å². The first-order chi connectivity index (χ1) is 17.4. The van der Waals surface area contributed by atoms with Gasteiger partial charge in [-0.05, 0) is 43.2 Å². The number of fused-ring (bicyclic) bond motifs is 1. The SMILES string of the molecule is O=C(Nc1cccc(Cl)c1)Nc1cc(F)c(Oc2ccc3ncc(N4CCCC4)nc3c2)c(F)c1F. The maximum absolute atomic E-state index is 14.8. The van der Waals surface area contributed by atoms with Gasteiger partial charge in [-0.1, -0.05) is 17.7 Å². The van der Waals surface area contributed by atoms with Gasteiger partial charge in [-0.2, -0.15) is 4.39 Å². The summed E-state index contributed by atoms with van der Waals surface area (Å²) in [4.78, 5) is 23.2. The average molecular weight is 514 g/mol. The molecule has 2 amide bonds. The van der Waals surface area contributed by atoms with E-state index in [0.29, 0.717) is 33.6 Å². The number of halogens is 4. The Labute approximate surface area is 208 Å². The van der Waals surface area contributed by atoms with E-state index < -0.39 is 34.9 Å². The molecule has 7 nitrogen and oxygen atoms in total. The van der Waals surface area contributed by atoms with E-state index in [2.05, 4.69) is 25.5 Å². The molecule has 1 fully saturated rings. The predicted molar refractivity (Wildman–Crippen MR) is 131 cm³/mol. The smallest absolute Gasteiger partial charge is 0.323 e. The number of benzene rings is 3. The number of urea groups is 1. The highest BCUT2D eigenvalue weighted by Gasteiger charge is 2.23. The van der Waals surface area contributed by atoms with E-state index in [1.165, 1.54) is 18.2 Å². The summed E-state index contributed by atoms with van der Waals surface area (Å²) in [6, 6.07) is 10.4. The molecule has 2 N–H and O–H groups in total. The number of carbonyl (C=O) groups excluding carboxylic acids is 1. The lowest BCUT2D eigenvalue weighted by molar-refractivity contribution is 0.262. The van der Waals surface area contributed by atoms with Crippen molar-refractivity contribution < 1.29 is 22.7 Å². The zero-order chi connectivity index (χ0) is 25.2. The molecule has 184 valence electrons. The fourth-order valence-corrected chi connectivity index (χ4v) is 4.07. The van der Waals surface area contributed by atoms with Crippen LogP contribution in [0, 0.1) is 17.5 Å². The Hall–Kier alpha value is -4.05. The van der Waals surface area contributed by atoms with Crippen molar-refractivity contribution in [1.29, 1.82) is 0 Å². The normalized spacial score (nSPS) is 13.2. The van der Waals surface area contributed by atoms with Crippen molar-refractivity contribution in [2.24, 2.45) is 0 Å². The van der Waals surface area contributed by atoms with Gasteiger partial charge in [0.05, 0.1) is 22.9 Å². The molecule has 1 aliphatic heterocycles. The number of hydrogen-bond acceptors (Lipinski definition) is 5. The summed E-state index contributed by atoms with van der Waals surface area (Å²) < 4.78 is 49.5. The first kappa shape index (κ1) is 23.7. The van der Waals surface area contributed by atoms with Crippen LogP contribution >= 0.6 is 11.6 Å². The summed E-state index contributed by atoms with van der Waals surface area (Å²) in [6.45, 7) is 1.76. The number of rotatable bonds is 5. The number of amides is 2. The molecule has 5 rings (SSSR count). The Morgan fingerprint density at radius 3 is 2.56 bits per heavy atom. The molecule has 1 aliphatic rings. The lowest BCUT2D eigenvalue weighted by Crippen LogP contribution is -2.20. The quantitative estimate of drug-likeness (QED) is 0.289. The van der Waals surface area contributed by atoms with Crippen LogP contribution in [-0.4, -0.2) is 29.1 Å². The van der Waals surface area contributed by atoms with E-state index in [1.54, 1.807) is 30.5 Å². The number of aromatic nitrogens is 2. The van der Waals surface area contributed by atoms with Crippen LogP contribution in [0.2, 0.25) is 5.02 Å². The van der Waals surface area contributed by atoms with Crippen molar-refractivity contribution in [3.63, 3.8) is 0 Å². The number of nitrogens with one attached hydrogen (secondary N) is 2. The Bertz CT molecular complexity index is 1460. The Morgan fingerprint density at radius 1 is 0.972 bits per heavy atom. The van der Waals surface area contributed by atoms with Crippen LogP contribution in [-0.2, 0) is 0 Å². The van der Waals surface area contributed by atoms with E-state index in [-0.39, 0.29) is 5.75 Å². The van der Waals surface area contributed by atoms with Crippen LogP contribution in [0.4, 0.5) is 35.2 Å². The second-order valence-electron chi connectivity index (χ2n) is 8.13. The highest BCUT2D eigenvalue weighted by molar-refractivity contribution is 6.30. The minimum absolute atomic E-state index is 0.0481. The maximum atomic E-state index is 14.8. The third kappa shape index (κ3) is 4.99. The summed E-state index contributed by atoms with van der Waals surface area (Å²) >= 11 is 5.85. The van der Waals surface area contributed by atoms with Crippen molar-refractivity contribution >= 4 is 45.9 Å². The minimum Gasteiger partial charge on any atom is -0.451 e. The molecule has 36 heavy (non-hydrogen) atoms. The first-order valence-electron chi connectivity index (χ1n) is 11.1. The number of nitrogens with zero attached hydrogens (tertiary/aromatic N) is 3. The van der Waals surface area contributed by atoms with Crippen LogP contribution in [0.25, 0.3) is 11.0 Å². The van der Waals surface area contributed by atoms with Crippen molar-refractivity contribution in [2.75, 3.05) is 28.6 Å². The molecule has 0 unspecified atom stereocenters. The third-order valence-corrected chi connectivity index (χ3v) is 5.83. The molecule has 2 heterocycles. The molecule has 3 aromatic carbocycles. The summed E-state index contributed by atoms with van der Waals surface area (Å²) in [5.41, 5.74) is 0.655. The van der Waals surface area contributed by atoms with E-state index in [9.17, 15) is 18.0 Å². The predicted octanol–water partition coefficient (Wildman–Crippen LogP) is 6.74. The van der Waals surface area contributed by atoms with Crippen molar-refractivity contribution in [2.45, 2.75) is 12.8 Å². The summed E-state index contributed by atoms with van der Waals surface area (Å²) in [6.07, 6.45) is 3.82. The van der Waals surface area contributed by atoms with Gasteiger partial charge in [0, 0.05) is 35.9 Å². The summed E-state index contributed by atoms with van der Waals surface area (Å²) in [7, 11) is 0. The molecule has 0 bridgehead atoms. The molecule has 0 saturated carbocycles. The molecule has 0 radical (unpaired) electrons. The summed E-state index contributed by atoms with van der Waals surface area (Å²) in [5, 5.41) is 4.85. The van der Waals surface area contributed by atoms with Crippen molar-refractivity contribution in [3.05, 3.63) is 77.2 Å². The fourth-order valence-electron chi connectivity index (χ4n) is 3.88. The zero-order valence-electron chi connectivity index (χ0n) is 18.7. The van der Waals surface area contributed by atoms with Gasteiger partial charge in [0.2, 0.25) is 11.6 Å². The molecular weight excluding hydrogens is 495 g/mol. The molecule has 11 heteroatoms. The molecule has 0 atom stereocenters. The van der Waals surface area contributed by atoms with E-state index in [4.69, 9.17) is 16.3 Å². The van der Waals surface area contributed by atoms with Gasteiger partial charge in [0.1, 0.15) is 11.6 Å². The minimum atomic E-state index is -1.59. The van der Waals surface area contributed by atoms with Crippen LogP contribution in [0.15, 0.2) is 54.7 Å². The molecule has 1 aromatic heterocycles. The molecular formula is C25H19ClF3N5O2. The number of ether oxygens (including phenoxy) is 1. The molecule has 0 aliphatic carbocycles. The highest BCUT2D eigenvalue weighted by atomic mass is 35.5. The van der Waals surface area contributed by atoms with Crippen molar-refractivity contribution in [3.8, 4) is 11.5 Å². The van der Waals surface area contributed by atoms with Gasteiger partial charge >= 0.3 is 6.03 Å². The van der Waals surface area contributed by atoms with Crippen LogP contribution in [0.3, 0.4) is 0 Å². The fraction of sp³-hybridized carbons (Fsp3) is 0.160. The van der Waals surface area contributed by atoms with Gasteiger partial charge in [0.15, 0.2) is 11.6 Å². The Morgan fingerprint density at radius 2 is 1.78 bits per heavy atom.